The van der Waals surface area contributed by atoms with Gasteiger partial charge in [0.15, 0.2) is 18.2 Å². The normalized spacial score (nSPS) is 20.1. The van der Waals surface area contributed by atoms with Crippen LogP contribution in [0.3, 0.4) is 0 Å². The number of rotatable bonds is 9. The quantitative estimate of drug-likeness (QED) is 0.226. The van der Waals surface area contributed by atoms with Gasteiger partial charge in [-0.3, -0.25) is 9.59 Å². The Morgan fingerprint density at radius 1 is 1.07 bits per heavy atom. The van der Waals surface area contributed by atoms with Crippen molar-refractivity contribution in [2.75, 3.05) is 12.8 Å². The van der Waals surface area contributed by atoms with Gasteiger partial charge in [0.05, 0.1) is 23.1 Å². The number of carbonyl (C=O) groups is 2. The fraction of sp³-hybridized carbons (Fsp3) is 0.562. The van der Waals surface area contributed by atoms with Crippen molar-refractivity contribution in [3.05, 3.63) is 64.2 Å². The molecule has 1 saturated carbocycles. The summed E-state index contributed by atoms with van der Waals surface area (Å²) >= 11 is 0. The molecule has 0 unspecified atom stereocenters. The summed E-state index contributed by atoms with van der Waals surface area (Å²) in [5.41, 5.74) is -1.60. The number of halogens is 5. The molecule has 2 aliphatic rings. The van der Waals surface area contributed by atoms with Crippen LogP contribution in [-0.4, -0.2) is 52.3 Å². The third-order valence-electron chi connectivity index (χ3n) is 9.33. The molecule has 1 N–H and O–H groups in total. The molecular formula is C32H41F5N2O5SSi. The minimum Gasteiger partial charge on any atom is -0.413 e. The van der Waals surface area contributed by atoms with Gasteiger partial charge in [-0.05, 0) is 79.1 Å². The van der Waals surface area contributed by atoms with Gasteiger partial charge in [-0.1, -0.05) is 33.8 Å². The Hall–Kier alpha value is -2.84. The third kappa shape index (κ3) is 7.81. The molecule has 2 aromatic rings. The van der Waals surface area contributed by atoms with Crippen LogP contribution in [0.4, 0.5) is 22.0 Å². The maximum absolute atomic E-state index is 15.0. The molecule has 0 aromatic heterocycles. The van der Waals surface area contributed by atoms with E-state index in [-0.39, 0.29) is 53.0 Å². The number of hydrogen-bond donors (Lipinski definition) is 1. The van der Waals surface area contributed by atoms with E-state index < -0.39 is 71.0 Å². The van der Waals surface area contributed by atoms with E-state index in [2.05, 4.69) is 26.1 Å². The van der Waals surface area contributed by atoms with Crippen molar-refractivity contribution in [2.45, 2.75) is 94.9 Å². The first-order chi connectivity index (χ1) is 21.0. The number of nitrogens with one attached hydrogen (secondary N) is 1. The van der Waals surface area contributed by atoms with Crippen LogP contribution < -0.4 is 5.32 Å². The van der Waals surface area contributed by atoms with E-state index in [1.54, 1.807) is 0 Å². The van der Waals surface area contributed by atoms with Gasteiger partial charge in [-0.25, -0.2) is 17.2 Å². The van der Waals surface area contributed by atoms with Gasteiger partial charge in [0, 0.05) is 23.9 Å². The number of nitrogens with zero attached hydrogens (tertiary/aromatic N) is 1. The number of sulfone groups is 1. The molecule has 7 nitrogen and oxygen atoms in total. The molecule has 14 heteroatoms. The average molecular weight is 689 g/mol. The molecule has 1 saturated heterocycles. The van der Waals surface area contributed by atoms with E-state index in [9.17, 15) is 40.0 Å². The van der Waals surface area contributed by atoms with Crippen molar-refractivity contribution in [3.63, 3.8) is 0 Å². The Balaban J connectivity index is 1.65. The average Bonchev–Trinajstić information content (AvgIpc) is 3.69. The summed E-state index contributed by atoms with van der Waals surface area (Å²) in [7, 11) is -5.97. The first kappa shape index (κ1) is 36.0. The Bertz CT molecular complexity index is 1620. The highest BCUT2D eigenvalue weighted by Crippen LogP contribution is 2.44. The smallest absolute Gasteiger partial charge is 0.413 e. The van der Waals surface area contributed by atoms with Crippen LogP contribution in [0.15, 0.2) is 35.2 Å². The number of hydrogen-bond acceptors (Lipinski definition) is 5. The zero-order valence-electron chi connectivity index (χ0n) is 27.0. The SMILES string of the molecule is C[C@@H]1C[C@H](C(=O)N[C@@H](c2cc(F)c(C(F)(F)F)cc2F)C2CC2)N(C(=O)c2cc(S(C)(=O)=O)ccc2CO[Si](C)(C)C(C)(C)C)C1. The summed E-state index contributed by atoms with van der Waals surface area (Å²) in [4.78, 5) is 29.2. The molecule has 2 fully saturated rings. The number of likely N-dealkylation sites (tertiary alicyclic amines) is 1. The molecule has 46 heavy (non-hydrogen) atoms. The summed E-state index contributed by atoms with van der Waals surface area (Å²) in [6.45, 7) is 12.3. The lowest BCUT2D eigenvalue weighted by Crippen LogP contribution is -2.47. The van der Waals surface area contributed by atoms with Crippen LogP contribution in [0.1, 0.15) is 80.0 Å². The summed E-state index contributed by atoms with van der Waals surface area (Å²) in [5.74, 6) is -4.63. The molecule has 0 spiro atoms. The number of alkyl halides is 3. The minimum atomic E-state index is -5.09. The van der Waals surface area contributed by atoms with Gasteiger partial charge in [0.25, 0.3) is 5.91 Å². The summed E-state index contributed by atoms with van der Waals surface area (Å²) in [6.07, 6.45) is -2.73. The zero-order chi connectivity index (χ0) is 34.6. The van der Waals surface area contributed by atoms with Gasteiger partial charge in [-0.2, -0.15) is 13.2 Å². The van der Waals surface area contributed by atoms with Crippen molar-refractivity contribution in [2.24, 2.45) is 11.8 Å². The van der Waals surface area contributed by atoms with Crippen molar-refractivity contribution in [1.29, 1.82) is 0 Å². The molecular weight excluding hydrogens is 648 g/mol. The lowest BCUT2D eigenvalue weighted by Gasteiger charge is -2.36. The Morgan fingerprint density at radius 3 is 2.24 bits per heavy atom. The van der Waals surface area contributed by atoms with Crippen LogP contribution in [0.2, 0.25) is 18.1 Å². The predicted octanol–water partition coefficient (Wildman–Crippen LogP) is 7.03. The van der Waals surface area contributed by atoms with E-state index in [4.69, 9.17) is 4.43 Å². The summed E-state index contributed by atoms with van der Waals surface area (Å²) in [5, 5.41) is 2.56. The van der Waals surface area contributed by atoms with Gasteiger partial charge >= 0.3 is 6.18 Å². The summed E-state index contributed by atoms with van der Waals surface area (Å²) < 4.78 is 100. The molecule has 1 aliphatic carbocycles. The Morgan fingerprint density at radius 2 is 1.70 bits per heavy atom. The second-order valence-electron chi connectivity index (χ2n) is 14.1. The number of benzene rings is 2. The highest BCUT2D eigenvalue weighted by Gasteiger charge is 2.44. The van der Waals surface area contributed by atoms with Crippen LogP contribution in [0, 0.1) is 23.5 Å². The second-order valence-corrected chi connectivity index (χ2v) is 21.0. The van der Waals surface area contributed by atoms with Crippen LogP contribution >= 0.6 is 0 Å². The monoisotopic (exact) mass is 688 g/mol. The lowest BCUT2D eigenvalue weighted by molar-refractivity contribution is -0.140. The van der Waals surface area contributed by atoms with Gasteiger partial charge in [0.1, 0.15) is 17.7 Å². The van der Waals surface area contributed by atoms with Gasteiger partial charge in [0.2, 0.25) is 5.91 Å². The minimum absolute atomic E-state index is 0.0460. The number of amides is 2. The molecule has 4 rings (SSSR count). The predicted molar refractivity (Wildman–Crippen MR) is 165 cm³/mol. The standard InChI is InChI=1S/C32H41F5N2O5SSi/c1-18-12-27(29(40)38-28(19-8-9-19)23-14-26(34)24(15-25(23)33)32(35,36)37)39(16-18)30(41)22-13-21(45(5,42)43)11-10-20(22)17-44-46(6,7)31(2,3)4/h10-11,13-15,18-19,27-28H,8-9,12,16-17H2,1-7H3,(H,38,40)/t18-,27-,28-/m1/s1. The first-order valence-corrected chi connectivity index (χ1v) is 20.0. The highest BCUT2D eigenvalue weighted by atomic mass is 32.2. The highest BCUT2D eigenvalue weighted by molar-refractivity contribution is 7.90. The van der Waals surface area contributed by atoms with E-state index in [1.807, 2.05) is 20.0 Å². The van der Waals surface area contributed by atoms with Crippen LogP contribution in [0.5, 0.6) is 0 Å². The molecule has 1 aliphatic heterocycles. The van der Waals surface area contributed by atoms with Crippen molar-refractivity contribution < 1.29 is 44.4 Å². The van der Waals surface area contributed by atoms with Gasteiger partial charge < -0.3 is 14.6 Å². The zero-order valence-corrected chi connectivity index (χ0v) is 28.8. The van der Waals surface area contributed by atoms with E-state index >= 15 is 0 Å². The number of carbonyl (C=O) groups excluding carboxylic acids is 2. The molecule has 0 bridgehead atoms. The van der Waals surface area contributed by atoms with Crippen molar-refractivity contribution in [3.8, 4) is 0 Å². The topological polar surface area (TPSA) is 92.8 Å². The molecule has 2 amide bonds. The maximum atomic E-state index is 15.0. The summed E-state index contributed by atoms with van der Waals surface area (Å²) in [6, 6.07) is 2.67. The Kier molecular flexibility index (Phi) is 9.89. The third-order valence-corrected chi connectivity index (χ3v) is 14.9. The molecule has 2 aromatic carbocycles. The van der Waals surface area contributed by atoms with Crippen molar-refractivity contribution in [1.82, 2.24) is 10.2 Å². The maximum Gasteiger partial charge on any atom is 0.419 e. The van der Waals surface area contributed by atoms with Gasteiger partial charge in [-0.15, -0.1) is 0 Å². The lowest BCUT2D eigenvalue weighted by atomic mass is 9.98. The molecule has 3 atom stereocenters. The molecule has 254 valence electrons. The first-order valence-electron chi connectivity index (χ1n) is 15.2. The fourth-order valence-electron chi connectivity index (χ4n) is 5.41. The van der Waals surface area contributed by atoms with E-state index in [0.717, 1.165) is 6.26 Å². The van der Waals surface area contributed by atoms with E-state index in [1.165, 1.54) is 23.1 Å². The van der Waals surface area contributed by atoms with Crippen LogP contribution in [0.25, 0.3) is 0 Å². The Labute approximate surface area is 267 Å². The van der Waals surface area contributed by atoms with Crippen molar-refractivity contribution >= 4 is 30.0 Å². The second kappa shape index (κ2) is 12.6. The molecule has 0 radical (unpaired) electrons. The van der Waals surface area contributed by atoms with E-state index in [0.29, 0.717) is 24.5 Å². The van der Waals surface area contributed by atoms with Crippen LogP contribution in [-0.2, 0) is 31.8 Å². The largest absolute Gasteiger partial charge is 0.419 e. The molecule has 1 heterocycles. The fourth-order valence-corrected chi connectivity index (χ4v) is 7.00.